The molecule has 2 rings (SSSR count). The van der Waals surface area contributed by atoms with Gasteiger partial charge in [-0.3, -0.25) is 4.79 Å². The summed E-state index contributed by atoms with van der Waals surface area (Å²) in [5.41, 5.74) is 1.43. The molecule has 0 saturated carbocycles. The fraction of sp³-hybridized carbons (Fsp3) is 0.231. The molecule has 0 aliphatic rings. The van der Waals surface area contributed by atoms with Crippen molar-refractivity contribution in [2.24, 2.45) is 0 Å². The zero-order chi connectivity index (χ0) is 13.0. The van der Waals surface area contributed by atoms with E-state index >= 15 is 0 Å². The van der Waals surface area contributed by atoms with Crippen LogP contribution in [-0.4, -0.2) is 29.9 Å². The number of nitrogens with one attached hydrogen (secondary N) is 1. The molecule has 0 radical (unpaired) electrons. The molecular formula is C13H15N3O2. The van der Waals surface area contributed by atoms with Gasteiger partial charge in [-0.05, 0) is 12.1 Å². The van der Waals surface area contributed by atoms with Crippen LogP contribution in [0.4, 0.5) is 5.69 Å². The summed E-state index contributed by atoms with van der Waals surface area (Å²) in [5, 5.41) is 3.17. The van der Waals surface area contributed by atoms with E-state index in [0.29, 0.717) is 12.1 Å². The lowest BCUT2D eigenvalue weighted by molar-refractivity contribution is 0.0828. The number of oxazole rings is 1. The Kier molecular flexibility index (Phi) is 3.62. The van der Waals surface area contributed by atoms with Crippen LogP contribution >= 0.6 is 0 Å². The lowest BCUT2D eigenvalue weighted by Crippen LogP contribution is -2.22. The van der Waals surface area contributed by atoms with Crippen LogP contribution in [0, 0.1) is 0 Å². The van der Waals surface area contributed by atoms with E-state index in [1.165, 1.54) is 6.39 Å². The van der Waals surface area contributed by atoms with Gasteiger partial charge >= 0.3 is 0 Å². The summed E-state index contributed by atoms with van der Waals surface area (Å²) in [6.45, 7) is 0.498. The number of rotatable bonds is 4. The molecule has 1 N–H and O–H groups in total. The highest BCUT2D eigenvalue weighted by Crippen LogP contribution is 2.17. The van der Waals surface area contributed by atoms with Crippen molar-refractivity contribution >= 4 is 11.6 Å². The quantitative estimate of drug-likeness (QED) is 0.895. The summed E-state index contributed by atoms with van der Waals surface area (Å²) >= 11 is 0. The molecule has 1 aromatic carbocycles. The van der Waals surface area contributed by atoms with Crippen LogP contribution in [-0.2, 0) is 6.54 Å². The molecular weight excluding hydrogens is 230 g/mol. The average molecular weight is 245 g/mol. The van der Waals surface area contributed by atoms with Crippen LogP contribution in [0.15, 0.2) is 41.3 Å². The molecule has 1 heterocycles. The van der Waals surface area contributed by atoms with Gasteiger partial charge in [0, 0.05) is 19.8 Å². The summed E-state index contributed by atoms with van der Waals surface area (Å²) in [6, 6.07) is 7.39. The Labute approximate surface area is 105 Å². The fourth-order valence-corrected chi connectivity index (χ4v) is 1.58. The fourth-order valence-electron chi connectivity index (χ4n) is 1.58. The summed E-state index contributed by atoms with van der Waals surface area (Å²) in [4.78, 5) is 17.4. The second-order valence-corrected chi connectivity index (χ2v) is 4.07. The SMILES string of the molecule is CN(C)C(=O)c1ccccc1NCc1cnco1. The highest BCUT2D eigenvalue weighted by Gasteiger charge is 2.12. The van der Waals surface area contributed by atoms with Gasteiger partial charge in [0.1, 0.15) is 5.76 Å². The lowest BCUT2D eigenvalue weighted by atomic mass is 10.1. The van der Waals surface area contributed by atoms with E-state index in [9.17, 15) is 4.79 Å². The maximum atomic E-state index is 12.0. The molecule has 1 amide bonds. The third-order valence-electron chi connectivity index (χ3n) is 2.50. The van der Waals surface area contributed by atoms with Crippen molar-refractivity contribution in [3.05, 3.63) is 48.2 Å². The van der Waals surface area contributed by atoms with Crippen molar-refractivity contribution in [3.63, 3.8) is 0 Å². The Balaban J connectivity index is 2.15. The second-order valence-electron chi connectivity index (χ2n) is 4.07. The smallest absolute Gasteiger partial charge is 0.255 e. The van der Waals surface area contributed by atoms with Gasteiger partial charge in [0.2, 0.25) is 0 Å². The van der Waals surface area contributed by atoms with Crippen molar-refractivity contribution in [1.82, 2.24) is 9.88 Å². The Morgan fingerprint density at radius 3 is 2.83 bits per heavy atom. The topological polar surface area (TPSA) is 58.4 Å². The van der Waals surface area contributed by atoms with Gasteiger partial charge in [-0.2, -0.15) is 0 Å². The molecule has 0 aliphatic carbocycles. The van der Waals surface area contributed by atoms with E-state index < -0.39 is 0 Å². The minimum atomic E-state index is -0.0318. The third-order valence-corrected chi connectivity index (χ3v) is 2.50. The van der Waals surface area contributed by atoms with Gasteiger partial charge in [0.25, 0.3) is 5.91 Å². The highest BCUT2D eigenvalue weighted by atomic mass is 16.3. The monoisotopic (exact) mass is 245 g/mol. The molecule has 18 heavy (non-hydrogen) atoms. The number of benzene rings is 1. The molecule has 0 bridgehead atoms. The normalized spacial score (nSPS) is 10.1. The molecule has 2 aromatic rings. The van der Waals surface area contributed by atoms with Crippen molar-refractivity contribution in [3.8, 4) is 0 Å². The summed E-state index contributed by atoms with van der Waals surface area (Å²) in [7, 11) is 3.46. The standard InChI is InChI=1S/C13H15N3O2/c1-16(2)13(17)11-5-3-4-6-12(11)15-8-10-7-14-9-18-10/h3-7,9,15H,8H2,1-2H3. The van der Waals surface area contributed by atoms with Crippen LogP contribution in [0.5, 0.6) is 0 Å². The minimum Gasteiger partial charge on any atom is -0.447 e. The average Bonchev–Trinajstić information content (AvgIpc) is 2.89. The van der Waals surface area contributed by atoms with Gasteiger partial charge in [-0.25, -0.2) is 4.98 Å². The Morgan fingerprint density at radius 2 is 2.17 bits per heavy atom. The van der Waals surface area contributed by atoms with Crippen LogP contribution in [0.25, 0.3) is 0 Å². The number of carbonyl (C=O) groups is 1. The molecule has 0 atom stereocenters. The minimum absolute atomic E-state index is 0.0318. The molecule has 0 saturated heterocycles. The third kappa shape index (κ3) is 2.68. The molecule has 0 spiro atoms. The Morgan fingerprint density at radius 1 is 1.39 bits per heavy atom. The number of anilines is 1. The summed E-state index contributed by atoms with van der Waals surface area (Å²) < 4.78 is 5.13. The van der Waals surface area contributed by atoms with Crippen LogP contribution in [0.1, 0.15) is 16.1 Å². The van der Waals surface area contributed by atoms with Crippen molar-refractivity contribution < 1.29 is 9.21 Å². The van der Waals surface area contributed by atoms with E-state index in [2.05, 4.69) is 10.3 Å². The number of aromatic nitrogens is 1. The molecule has 5 nitrogen and oxygen atoms in total. The first-order chi connectivity index (χ1) is 8.68. The Hall–Kier alpha value is -2.30. The van der Waals surface area contributed by atoms with Gasteiger partial charge in [0.05, 0.1) is 18.3 Å². The van der Waals surface area contributed by atoms with E-state index in [1.54, 1.807) is 31.3 Å². The number of nitrogens with zero attached hydrogens (tertiary/aromatic N) is 2. The largest absolute Gasteiger partial charge is 0.447 e. The first-order valence-electron chi connectivity index (χ1n) is 5.60. The van der Waals surface area contributed by atoms with Crippen LogP contribution in [0.2, 0.25) is 0 Å². The molecule has 5 heteroatoms. The van der Waals surface area contributed by atoms with Gasteiger partial charge in [-0.1, -0.05) is 12.1 Å². The predicted octanol–water partition coefficient (Wildman–Crippen LogP) is 1.99. The molecule has 94 valence electrons. The van der Waals surface area contributed by atoms with Gasteiger partial charge < -0.3 is 14.6 Å². The number of hydrogen-bond acceptors (Lipinski definition) is 4. The maximum absolute atomic E-state index is 12.0. The number of para-hydroxylation sites is 1. The predicted molar refractivity (Wildman–Crippen MR) is 68.3 cm³/mol. The van der Waals surface area contributed by atoms with Gasteiger partial charge in [-0.15, -0.1) is 0 Å². The van der Waals surface area contributed by atoms with Crippen LogP contribution in [0.3, 0.4) is 0 Å². The molecule has 0 fully saturated rings. The summed E-state index contributed by atoms with van der Waals surface area (Å²) in [6.07, 6.45) is 3.03. The van der Waals surface area contributed by atoms with Crippen molar-refractivity contribution in [2.45, 2.75) is 6.54 Å². The van der Waals surface area contributed by atoms with E-state index in [-0.39, 0.29) is 5.91 Å². The first-order valence-corrected chi connectivity index (χ1v) is 5.60. The van der Waals surface area contributed by atoms with Crippen LogP contribution < -0.4 is 5.32 Å². The maximum Gasteiger partial charge on any atom is 0.255 e. The van der Waals surface area contributed by atoms with Crippen molar-refractivity contribution in [2.75, 3.05) is 19.4 Å². The number of hydrogen-bond donors (Lipinski definition) is 1. The molecule has 1 aromatic heterocycles. The second kappa shape index (κ2) is 5.35. The van der Waals surface area contributed by atoms with E-state index in [0.717, 1.165) is 11.4 Å². The molecule has 0 unspecified atom stereocenters. The van der Waals surface area contributed by atoms with Gasteiger partial charge in [0.15, 0.2) is 6.39 Å². The zero-order valence-electron chi connectivity index (χ0n) is 10.4. The number of carbonyl (C=O) groups excluding carboxylic acids is 1. The number of amides is 1. The van der Waals surface area contributed by atoms with E-state index in [4.69, 9.17) is 4.42 Å². The van der Waals surface area contributed by atoms with E-state index in [1.807, 2.05) is 18.2 Å². The zero-order valence-corrected chi connectivity index (χ0v) is 10.4. The highest BCUT2D eigenvalue weighted by molar-refractivity contribution is 5.99. The lowest BCUT2D eigenvalue weighted by Gasteiger charge is -2.14. The first kappa shape index (κ1) is 12.2. The molecule has 0 aliphatic heterocycles. The summed E-state index contributed by atoms with van der Waals surface area (Å²) in [5.74, 6) is 0.692. The Bertz CT molecular complexity index is 521. The van der Waals surface area contributed by atoms with Crippen molar-refractivity contribution in [1.29, 1.82) is 0 Å².